The monoisotopic (exact) mass is 399 g/mol. The van der Waals surface area contributed by atoms with Crippen LogP contribution in [-0.2, 0) is 12.4 Å². The molecule has 10 nitrogen and oxygen atoms in total. The number of anilines is 1. The van der Waals surface area contributed by atoms with Gasteiger partial charge in [-0.3, -0.25) is 15.1 Å². The third kappa shape index (κ3) is 5.93. The number of aromatic nitrogens is 1. The van der Waals surface area contributed by atoms with Crippen LogP contribution in [0.3, 0.4) is 0 Å². The van der Waals surface area contributed by atoms with Crippen LogP contribution in [0.2, 0.25) is 0 Å². The number of nitrogens with one attached hydrogen (secondary N) is 1. The Morgan fingerprint density at radius 3 is 2.33 bits per heavy atom. The number of carbonyl (C=O) groups excluding carboxylic acids is 1. The summed E-state index contributed by atoms with van der Waals surface area (Å²) in [5.41, 5.74) is 0.231. The summed E-state index contributed by atoms with van der Waals surface area (Å²) in [5.74, 6) is -0.379. The number of para-hydroxylation sites is 1. The average Bonchev–Trinajstić information content (AvgIpc) is 2.56. The first-order valence-corrected chi connectivity index (χ1v) is 9.66. The van der Waals surface area contributed by atoms with E-state index < -0.39 is 19.1 Å². The minimum atomic E-state index is -4.92. The number of amides is 1. The predicted molar refractivity (Wildman–Crippen MR) is 83.6 cm³/mol. The molecular formula is C13H14AsN3O7. The van der Waals surface area contributed by atoms with Gasteiger partial charge in [-0.15, -0.1) is 0 Å². The summed E-state index contributed by atoms with van der Waals surface area (Å²) in [5, 5.41) is 20.7. The number of carbonyl (C=O) groups is 1. The fraction of sp³-hybridized carbons (Fsp3) is 0.0769. The van der Waals surface area contributed by atoms with Gasteiger partial charge in [-0.05, 0) is 0 Å². The van der Waals surface area contributed by atoms with Crippen molar-refractivity contribution in [3.05, 3.63) is 58.9 Å². The van der Waals surface area contributed by atoms with Gasteiger partial charge in [0.1, 0.15) is 0 Å². The predicted octanol–water partition coefficient (Wildman–Crippen LogP) is 0.693. The van der Waals surface area contributed by atoms with Crippen molar-refractivity contribution in [3.8, 4) is 0 Å². The van der Waals surface area contributed by atoms with Crippen LogP contribution in [0.25, 0.3) is 0 Å². The van der Waals surface area contributed by atoms with Gasteiger partial charge >= 0.3 is 88.4 Å². The molecule has 0 radical (unpaired) electrons. The summed E-state index contributed by atoms with van der Waals surface area (Å²) in [6.07, 6.45) is 2.77. The number of benzene rings is 1. The van der Waals surface area contributed by atoms with Gasteiger partial charge in [0.25, 0.3) is 5.69 Å². The Bertz CT molecular complexity index is 754. The van der Waals surface area contributed by atoms with Crippen molar-refractivity contribution in [2.45, 2.75) is 6.92 Å². The van der Waals surface area contributed by atoms with Crippen LogP contribution in [0, 0.1) is 10.1 Å². The van der Waals surface area contributed by atoms with E-state index in [1.54, 1.807) is 6.07 Å². The summed E-state index contributed by atoms with van der Waals surface area (Å²) in [7, 11) is 0. The Morgan fingerprint density at radius 2 is 1.88 bits per heavy atom. The van der Waals surface area contributed by atoms with Gasteiger partial charge < -0.3 is 0 Å². The molecule has 0 aliphatic heterocycles. The second kappa shape index (κ2) is 8.94. The number of nitro groups is 1. The molecule has 1 aromatic heterocycles. The van der Waals surface area contributed by atoms with Crippen LogP contribution in [0.5, 0.6) is 0 Å². The smallest absolute Gasteiger partial charge is 0.264 e. The summed E-state index contributed by atoms with van der Waals surface area (Å²) >= 11 is -4.92. The van der Waals surface area contributed by atoms with Crippen LogP contribution < -0.4 is 9.67 Å². The summed E-state index contributed by atoms with van der Waals surface area (Å²) in [6.45, 7) is 1.27. The zero-order valence-corrected chi connectivity index (χ0v) is 14.3. The van der Waals surface area contributed by atoms with Crippen molar-refractivity contribution in [1.82, 2.24) is 4.98 Å². The summed E-state index contributed by atoms with van der Waals surface area (Å²) in [4.78, 5) is 23.9. The number of nitrogens with zero attached hydrogens (tertiary/aromatic N) is 2. The van der Waals surface area contributed by atoms with Gasteiger partial charge in [0.05, 0.1) is 4.92 Å². The molecule has 0 saturated carbocycles. The van der Waals surface area contributed by atoms with Gasteiger partial charge in [0.2, 0.25) is 0 Å². The topological polar surface area (TPSA) is 152 Å². The molecule has 2 aromatic rings. The first kappa shape index (κ1) is 19.5. The van der Waals surface area contributed by atoms with Crippen molar-refractivity contribution in [3.63, 3.8) is 0 Å². The van der Waals surface area contributed by atoms with Crippen LogP contribution in [0.1, 0.15) is 6.92 Å². The van der Waals surface area contributed by atoms with E-state index in [1.807, 2.05) is 0 Å². The zero-order chi connectivity index (χ0) is 18.2. The van der Waals surface area contributed by atoms with Crippen LogP contribution in [0.4, 0.5) is 11.4 Å². The van der Waals surface area contributed by atoms with Gasteiger partial charge in [-0.25, -0.2) is 0 Å². The number of rotatable bonds is 4. The Labute approximate surface area is 139 Å². The number of hydrogen-bond donors (Lipinski definition) is 3. The van der Waals surface area contributed by atoms with Gasteiger partial charge in [0.15, 0.2) is 0 Å². The molecule has 0 aliphatic rings. The number of hydrogen-bond acceptors (Lipinski definition) is 7. The Hall–Kier alpha value is -2.52. The minimum absolute atomic E-state index is 0.0741. The van der Waals surface area contributed by atoms with Crippen molar-refractivity contribution in [1.29, 1.82) is 0 Å². The summed E-state index contributed by atoms with van der Waals surface area (Å²) in [6, 6.07) is 8.53. The maximum atomic E-state index is 11.4. The van der Waals surface area contributed by atoms with E-state index in [0.717, 1.165) is 0 Å². The normalized spacial score (nSPS) is 12.3. The molecule has 1 atom stereocenters. The van der Waals surface area contributed by atoms with E-state index in [0.29, 0.717) is 0 Å². The van der Waals surface area contributed by atoms with Gasteiger partial charge in [0, 0.05) is 24.5 Å². The standard InChI is InChI=1S/C8H10AsNO5.C5H4N2O2/c1-6(11)10-8-5-3-2-4-7(8)9(12,13)15-14;8-7(9)5-1-3-6-4-2-5/h2-5,14H,1H3,(H,10,11)(H,12,13);1-4H. The Balaban J connectivity index is 0.000000272. The molecule has 0 bridgehead atoms. The number of pyridine rings is 1. The molecule has 0 fully saturated rings. The maximum Gasteiger partial charge on any atom is 0.272 e. The second-order valence-electron chi connectivity index (χ2n) is 4.26. The van der Waals surface area contributed by atoms with Crippen LogP contribution >= 0.6 is 0 Å². The first-order valence-electron chi connectivity index (χ1n) is 6.35. The molecule has 1 unspecified atom stereocenters. The Morgan fingerprint density at radius 1 is 1.29 bits per heavy atom. The molecule has 1 heterocycles. The Kier molecular flexibility index (Phi) is 7.27. The van der Waals surface area contributed by atoms with E-state index in [-0.39, 0.29) is 21.6 Å². The van der Waals surface area contributed by atoms with Crippen molar-refractivity contribution in [2.75, 3.05) is 5.32 Å². The van der Waals surface area contributed by atoms with E-state index in [9.17, 15) is 22.7 Å². The largest absolute Gasteiger partial charge is 0.272 e. The minimum Gasteiger partial charge on any atom is -0.264 e. The molecule has 0 saturated heterocycles. The van der Waals surface area contributed by atoms with Crippen molar-refractivity contribution >= 4 is 35.8 Å². The second-order valence-corrected chi connectivity index (χ2v) is 7.80. The molecule has 128 valence electrons. The molecule has 0 aliphatic carbocycles. The van der Waals surface area contributed by atoms with Crippen LogP contribution in [-0.4, -0.2) is 39.3 Å². The fourth-order valence-corrected chi connectivity index (χ4v) is 3.20. The third-order valence-electron chi connectivity index (χ3n) is 2.50. The quantitative estimate of drug-likeness (QED) is 0.294. The van der Waals surface area contributed by atoms with Crippen LogP contribution in [0.15, 0.2) is 48.8 Å². The first-order chi connectivity index (χ1) is 11.3. The van der Waals surface area contributed by atoms with Crippen molar-refractivity contribution in [2.24, 2.45) is 0 Å². The molecular weight excluding hydrogens is 385 g/mol. The average molecular weight is 399 g/mol. The zero-order valence-electron chi connectivity index (χ0n) is 12.4. The molecule has 0 spiro atoms. The molecule has 2 rings (SSSR count). The van der Waals surface area contributed by atoms with Crippen molar-refractivity contribution < 1.29 is 26.7 Å². The van der Waals surface area contributed by atoms with E-state index in [4.69, 9.17) is 5.26 Å². The van der Waals surface area contributed by atoms with E-state index >= 15 is 0 Å². The SMILES string of the molecule is CC(=O)Nc1ccccc1[As](=O)(O)OO.O=[N+]([O-])c1ccncc1. The molecule has 11 heteroatoms. The maximum absolute atomic E-state index is 11.4. The summed E-state index contributed by atoms with van der Waals surface area (Å²) < 4.78 is 24.1. The fourth-order valence-electron chi connectivity index (χ4n) is 1.53. The van der Waals surface area contributed by atoms with Gasteiger partial charge in [-0.2, -0.15) is 0 Å². The molecule has 1 amide bonds. The molecule has 1 aromatic carbocycles. The molecule has 24 heavy (non-hydrogen) atoms. The van der Waals surface area contributed by atoms with E-state index in [1.165, 1.54) is 49.6 Å². The van der Waals surface area contributed by atoms with Gasteiger partial charge in [-0.1, -0.05) is 0 Å². The van der Waals surface area contributed by atoms with E-state index in [2.05, 4.69) is 14.2 Å². The third-order valence-corrected chi connectivity index (χ3v) is 5.06. The molecule has 3 N–H and O–H groups in total.